The number of carbonyl (C=O) groups excluding carboxylic acids is 2. The second kappa shape index (κ2) is 10.5. The van der Waals surface area contributed by atoms with Gasteiger partial charge in [0.05, 0.1) is 7.11 Å². The van der Waals surface area contributed by atoms with E-state index in [9.17, 15) is 14.4 Å². The van der Waals surface area contributed by atoms with Crippen LogP contribution in [0.25, 0.3) is 6.08 Å². The van der Waals surface area contributed by atoms with Crippen LogP contribution < -0.4 is 14.8 Å². The molecule has 8 nitrogen and oxygen atoms in total. The number of methoxy groups -OCH3 is 1. The molecule has 0 saturated heterocycles. The Morgan fingerprint density at radius 2 is 1.86 bits per heavy atom. The number of alkyl carbamates (subject to hydrolysis) is 1. The van der Waals surface area contributed by atoms with Crippen LogP contribution in [-0.4, -0.2) is 36.3 Å². The Morgan fingerprint density at radius 1 is 1.14 bits per heavy atom. The molecule has 0 aliphatic heterocycles. The Morgan fingerprint density at radius 3 is 2.52 bits per heavy atom. The topological polar surface area (TPSA) is 111 Å². The summed E-state index contributed by atoms with van der Waals surface area (Å²) < 4.78 is 15.5. The fourth-order valence-electron chi connectivity index (χ4n) is 2.26. The summed E-state index contributed by atoms with van der Waals surface area (Å²) in [5, 5.41) is 11.1. The van der Waals surface area contributed by atoms with Crippen LogP contribution in [0.4, 0.5) is 4.79 Å². The lowest BCUT2D eigenvalue weighted by Gasteiger charge is -2.14. The average Bonchev–Trinajstić information content (AvgIpc) is 2.71. The van der Waals surface area contributed by atoms with Crippen molar-refractivity contribution >= 4 is 24.1 Å². The van der Waals surface area contributed by atoms with Gasteiger partial charge >= 0.3 is 18.0 Å². The molecule has 0 aliphatic carbocycles. The van der Waals surface area contributed by atoms with Crippen molar-refractivity contribution < 1.29 is 33.7 Å². The smallest absolute Gasteiger partial charge is 0.408 e. The van der Waals surface area contributed by atoms with Gasteiger partial charge in [-0.05, 0) is 30.7 Å². The van der Waals surface area contributed by atoms with Crippen LogP contribution in [0, 0.1) is 0 Å². The van der Waals surface area contributed by atoms with E-state index < -0.39 is 24.1 Å². The van der Waals surface area contributed by atoms with Gasteiger partial charge in [0, 0.05) is 17.7 Å². The highest BCUT2D eigenvalue weighted by Crippen LogP contribution is 2.26. The Labute approximate surface area is 167 Å². The fourth-order valence-corrected chi connectivity index (χ4v) is 2.26. The van der Waals surface area contributed by atoms with Crippen LogP contribution in [0.1, 0.15) is 18.1 Å². The molecule has 152 valence electrons. The number of amides is 1. The standard InChI is InChI=1S/C21H21NO7/c1-14(22-21(26)28-13-15-6-4-3-5-7-15)20(25)29-17-10-8-16(9-11-19(23)24)18(12-17)27-2/h3-12,14H,13H2,1-2H3,(H,22,26)(H,23,24)/b11-9+/t14-/m0/s1. The van der Waals surface area contributed by atoms with Crippen molar-refractivity contribution in [1.82, 2.24) is 5.32 Å². The number of carbonyl (C=O) groups is 3. The molecule has 29 heavy (non-hydrogen) atoms. The maximum Gasteiger partial charge on any atom is 0.408 e. The first-order valence-corrected chi connectivity index (χ1v) is 8.67. The van der Waals surface area contributed by atoms with E-state index >= 15 is 0 Å². The highest BCUT2D eigenvalue weighted by Gasteiger charge is 2.19. The molecule has 0 radical (unpaired) electrons. The number of carboxylic acids is 1. The minimum absolute atomic E-state index is 0.0803. The number of benzene rings is 2. The number of hydrogen-bond acceptors (Lipinski definition) is 6. The first kappa shape index (κ1) is 21.5. The fraction of sp³-hybridized carbons (Fsp3) is 0.190. The van der Waals surface area contributed by atoms with E-state index in [0.29, 0.717) is 11.3 Å². The summed E-state index contributed by atoms with van der Waals surface area (Å²) in [6, 6.07) is 12.7. The van der Waals surface area contributed by atoms with Gasteiger partial charge in [-0.1, -0.05) is 30.3 Å². The average molecular weight is 399 g/mol. The molecule has 1 amide bonds. The monoisotopic (exact) mass is 399 g/mol. The van der Waals surface area contributed by atoms with Gasteiger partial charge < -0.3 is 24.6 Å². The Bertz CT molecular complexity index is 893. The molecular formula is C21H21NO7. The summed E-state index contributed by atoms with van der Waals surface area (Å²) in [5.41, 5.74) is 1.33. The van der Waals surface area contributed by atoms with E-state index in [4.69, 9.17) is 19.3 Å². The largest absolute Gasteiger partial charge is 0.496 e. The summed E-state index contributed by atoms with van der Waals surface area (Å²) in [5.74, 6) is -1.28. The number of hydrogen-bond donors (Lipinski definition) is 2. The molecule has 0 bridgehead atoms. The predicted molar refractivity (Wildman–Crippen MR) is 105 cm³/mol. The van der Waals surface area contributed by atoms with E-state index in [0.717, 1.165) is 11.6 Å². The number of carboxylic acid groups (broad SMARTS) is 1. The van der Waals surface area contributed by atoms with Crippen LogP contribution in [0.5, 0.6) is 11.5 Å². The first-order valence-electron chi connectivity index (χ1n) is 8.67. The normalized spacial score (nSPS) is 11.5. The molecule has 8 heteroatoms. The third kappa shape index (κ3) is 7.02. The van der Waals surface area contributed by atoms with Crippen LogP contribution in [0.3, 0.4) is 0 Å². The van der Waals surface area contributed by atoms with Crippen LogP contribution in [-0.2, 0) is 20.9 Å². The minimum Gasteiger partial charge on any atom is -0.496 e. The number of esters is 1. The second-order valence-electron chi connectivity index (χ2n) is 5.92. The van der Waals surface area contributed by atoms with Gasteiger partial charge in [-0.25, -0.2) is 14.4 Å². The first-order chi connectivity index (χ1) is 13.9. The van der Waals surface area contributed by atoms with Crippen molar-refractivity contribution in [2.24, 2.45) is 0 Å². The molecule has 0 saturated carbocycles. The molecule has 0 heterocycles. The van der Waals surface area contributed by atoms with Crippen molar-refractivity contribution in [3.05, 3.63) is 65.7 Å². The molecule has 0 spiro atoms. The molecule has 2 rings (SSSR count). The van der Waals surface area contributed by atoms with Gasteiger partial charge in [-0.3, -0.25) is 0 Å². The molecule has 0 fully saturated rings. The summed E-state index contributed by atoms with van der Waals surface area (Å²) in [6.45, 7) is 1.55. The van der Waals surface area contributed by atoms with Gasteiger partial charge in [0.25, 0.3) is 0 Å². The Balaban J connectivity index is 1.91. The van der Waals surface area contributed by atoms with E-state index in [1.165, 1.54) is 32.2 Å². The van der Waals surface area contributed by atoms with Gasteiger partial charge in [0.1, 0.15) is 24.1 Å². The van der Waals surface area contributed by atoms with Crippen molar-refractivity contribution in [1.29, 1.82) is 0 Å². The van der Waals surface area contributed by atoms with Crippen LogP contribution >= 0.6 is 0 Å². The Hall–Kier alpha value is -3.81. The van der Waals surface area contributed by atoms with Gasteiger partial charge in [0.2, 0.25) is 0 Å². The number of rotatable bonds is 8. The van der Waals surface area contributed by atoms with Crippen LogP contribution in [0.2, 0.25) is 0 Å². The lowest BCUT2D eigenvalue weighted by Crippen LogP contribution is -2.41. The zero-order valence-corrected chi connectivity index (χ0v) is 16.0. The molecule has 1 atom stereocenters. The van der Waals surface area contributed by atoms with Crippen LogP contribution in [0.15, 0.2) is 54.6 Å². The molecule has 0 aliphatic rings. The number of aliphatic carboxylic acids is 1. The zero-order valence-electron chi connectivity index (χ0n) is 16.0. The molecule has 0 unspecified atom stereocenters. The van der Waals surface area contributed by atoms with E-state index in [1.54, 1.807) is 6.07 Å². The number of nitrogens with one attached hydrogen (secondary N) is 1. The van der Waals surface area contributed by atoms with Gasteiger partial charge in [0.15, 0.2) is 0 Å². The highest BCUT2D eigenvalue weighted by molar-refractivity contribution is 5.86. The van der Waals surface area contributed by atoms with E-state index in [1.807, 2.05) is 30.3 Å². The SMILES string of the molecule is COc1cc(OC(=O)[C@H](C)NC(=O)OCc2ccccc2)ccc1/C=C/C(=O)O. The maximum atomic E-state index is 12.2. The van der Waals surface area contributed by atoms with Gasteiger partial charge in [-0.2, -0.15) is 0 Å². The molecular weight excluding hydrogens is 378 g/mol. The van der Waals surface area contributed by atoms with Crippen molar-refractivity contribution in [2.75, 3.05) is 7.11 Å². The quantitative estimate of drug-likeness (QED) is 0.399. The van der Waals surface area contributed by atoms with E-state index in [-0.39, 0.29) is 12.4 Å². The molecule has 0 aromatic heterocycles. The molecule has 2 aromatic carbocycles. The summed E-state index contributed by atoms with van der Waals surface area (Å²) in [6.07, 6.45) is 1.58. The van der Waals surface area contributed by atoms with Crippen molar-refractivity contribution in [3.8, 4) is 11.5 Å². The maximum absolute atomic E-state index is 12.2. The van der Waals surface area contributed by atoms with Crippen molar-refractivity contribution in [3.63, 3.8) is 0 Å². The lowest BCUT2D eigenvalue weighted by molar-refractivity contribution is -0.136. The molecule has 2 N–H and O–H groups in total. The van der Waals surface area contributed by atoms with Crippen molar-refractivity contribution in [2.45, 2.75) is 19.6 Å². The Kier molecular flexibility index (Phi) is 7.78. The third-order valence-corrected chi connectivity index (χ3v) is 3.73. The third-order valence-electron chi connectivity index (χ3n) is 3.73. The summed E-state index contributed by atoms with van der Waals surface area (Å²) >= 11 is 0. The number of ether oxygens (including phenoxy) is 3. The second-order valence-corrected chi connectivity index (χ2v) is 5.92. The summed E-state index contributed by atoms with van der Waals surface area (Å²) in [4.78, 5) is 34.7. The highest BCUT2D eigenvalue weighted by atomic mass is 16.6. The van der Waals surface area contributed by atoms with E-state index in [2.05, 4.69) is 5.32 Å². The zero-order chi connectivity index (χ0) is 21.2. The lowest BCUT2D eigenvalue weighted by atomic mass is 10.1. The summed E-state index contributed by atoms with van der Waals surface area (Å²) in [7, 11) is 1.41. The predicted octanol–water partition coefficient (Wildman–Crippen LogP) is 3.01. The minimum atomic E-state index is -1.10. The molecule has 2 aromatic rings. The van der Waals surface area contributed by atoms with Gasteiger partial charge in [-0.15, -0.1) is 0 Å².